The molecule has 0 radical (unpaired) electrons. The number of nitrogens with zero attached hydrogens (tertiary/aromatic N) is 5. The first-order valence-electron chi connectivity index (χ1n) is 8.18. The molecule has 3 heterocycles. The zero-order chi connectivity index (χ0) is 17.4. The van der Waals surface area contributed by atoms with Gasteiger partial charge in [-0.2, -0.15) is 5.10 Å². The number of carbonyl (C=O) groups is 1. The first kappa shape index (κ1) is 16.6. The number of carbonyl (C=O) groups excluding carboxylic acids is 1. The van der Waals surface area contributed by atoms with Crippen molar-refractivity contribution < 1.29 is 9.90 Å². The van der Waals surface area contributed by atoms with Crippen LogP contribution in [0.5, 0.6) is 0 Å². The fraction of sp³-hybridized carbons (Fsp3) is 0.529. The smallest absolute Gasteiger partial charge is 0.251 e. The molecule has 3 rings (SSSR count). The van der Waals surface area contributed by atoms with Crippen LogP contribution in [0.4, 0.5) is 0 Å². The Morgan fingerprint density at radius 1 is 1.25 bits per heavy atom. The van der Waals surface area contributed by atoms with E-state index in [2.05, 4.69) is 15.1 Å². The van der Waals surface area contributed by atoms with Crippen molar-refractivity contribution in [1.82, 2.24) is 24.6 Å². The quantitative estimate of drug-likeness (QED) is 0.909. The first-order valence-corrected chi connectivity index (χ1v) is 8.18. The van der Waals surface area contributed by atoms with E-state index in [1.54, 1.807) is 9.58 Å². The maximum absolute atomic E-state index is 12.5. The maximum Gasteiger partial charge on any atom is 0.251 e. The van der Waals surface area contributed by atoms with Crippen molar-refractivity contribution in [3.8, 4) is 5.95 Å². The Hall–Kier alpha value is -2.28. The number of hydrogen-bond acceptors (Lipinski definition) is 5. The summed E-state index contributed by atoms with van der Waals surface area (Å²) >= 11 is 0. The molecular weight excluding hydrogens is 306 g/mol. The monoisotopic (exact) mass is 329 g/mol. The third kappa shape index (κ3) is 3.17. The van der Waals surface area contributed by atoms with Crippen LogP contribution in [0.3, 0.4) is 0 Å². The number of aromatic nitrogens is 4. The molecule has 1 saturated heterocycles. The summed E-state index contributed by atoms with van der Waals surface area (Å²) < 4.78 is 1.71. The van der Waals surface area contributed by atoms with Gasteiger partial charge in [0.05, 0.1) is 18.2 Å². The normalized spacial score (nSPS) is 17.5. The molecule has 128 valence electrons. The number of β-amino-alcohol motifs (C(OH)–C–C–N with tert-alkyl or cyclic N) is 1. The minimum absolute atomic E-state index is 0.0265. The lowest BCUT2D eigenvalue weighted by molar-refractivity contribution is -0.129. The number of amides is 1. The molecule has 1 atom stereocenters. The predicted octanol–water partition coefficient (Wildman–Crippen LogP) is 1.03. The van der Waals surface area contributed by atoms with E-state index in [1.807, 2.05) is 33.8 Å². The second-order valence-electron chi connectivity index (χ2n) is 6.47. The van der Waals surface area contributed by atoms with Crippen molar-refractivity contribution in [2.45, 2.75) is 46.6 Å². The van der Waals surface area contributed by atoms with E-state index < -0.39 is 6.10 Å². The van der Waals surface area contributed by atoms with E-state index in [-0.39, 0.29) is 12.3 Å². The zero-order valence-corrected chi connectivity index (χ0v) is 14.6. The van der Waals surface area contributed by atoms with Gasteiger partial charge >= 0.3 is 0 Å². The van der Waals surface area contributed by atoms with Crippen LogP contribution in [0, 0.1) is 27.7 Å². The van der Waals surface area contributed by atoms with Crippen LogP contribution < -0.4 is 0 Å². The minimum Gasteiger partial charge on any atom is -0.391 e. The summed E-state index contributed by atoms with van der Waals surface area (Å²) in [6, 6.07) is 1.91. The van der Waals surface area contributed by atoms with Gasteiger partial charge in [-0.05, 0) is 40.2 Å². The van der Waals surface area contributed by atoms with Crippen molar-refractivity contribution in [2.24, 2.45) is 0 Å². The van der Waals surface area contributed by atoms with Gasteiger partial charge in [-0.1, -0.05) is 0 Å². The standard InChI is InChI=1S/C17H23N5O2/c1-10-7-11(2)19-17(18-10)22-13(4)15(12(3)20-22)8-16(24)21-6-5-14(23)9-21/h7,14,23H,5-6,8-9H2,1-4H3/t14-/m1/s1. The summed E-state index contributed by atoms with van der Waals surface area (Å²) in [5.41, 5.74) is 4.36. The number of aliphatic hydroxyl groups is 1. The number of rotatable bonds is 3. The largest absolute Gasteiger partial charge is 0.391 e. The summed E-state index contributed by atoms with van der Waals surface area (Å²) in [7, 11) is 0. The van der Waals surface area contributed by atoms with E-state index in [0.717, 1.165) is 28.3 Å². The maximum atomic E-state index is 12.5. The molecule has 0 aliphatic carbocycles. The molecule has 2 aromatic rings. The zero-order valence-electron chi connectivity index (χ0n) is 14.6. The van der Waals surface area contributed by atoms with Gasteiger partial charge in [0, 0.05) is 35.7 Å². The third-order valence-electron chi connectivity index (χ3n) is 4.45. The Labute approximate surface area is 141 Å². The third-order valence-corrected chi connectivity index (χ3v) is 4.45. The molecule has 1 amide bonds. The lowest BCUT2D eigenvalue weighted by atomic mass is 10.1. The highest BCUT2D eigenvalue weighted by Crippen LogP contribution is 2.19. The predicted molar refractivity (Wildman–Crippen MR) is 89.0 cm³/mol. The fourth-order valence-electron chi connectivity index (χ4n) is 3.16. The number of hydrogen-bond donors (Lipinski definition) is 1. The summed E-state index contributed by atoms with van der Waals surface area (Å²) in [5, 5.41) is 14.1. The van der Waals surface area contributed by atoms with Crippen molar-refractivity contribution >= 4 is 5.91 Å². The van der Waals surface area contributed by atoms with Crippen LogP contribution >= 0.6 is 0 Å². The molecule has 0 bridgehead atoms. The van der Waals surface area contributed by atoms with Crippen molar-refractivity contribution in [3.05, 3.63) is 34.4 Å². The average molecular weight is 329 g/mol. The van der Waals surface area contributed by atoms with E-state index in [1.165, 1.54) is 0 Å². The van der Waals surface area contributed by atoms with Gasteiger partial charge in [0.25, 0.3) is 5.95 Å². The van der Waals surface area contributed by atoms with Gasteiger partial charge in [0.1, 0.15) is 0 Å². The number of likely N-dealkylation sites (tertiary alicyclic amines) is 1. The molecule has 1 N–H and O–H groups in total. The Morgan fingerprint density at radius 3 is 2.50 bits per heavy atom. The molecule has 1 fully saturated rings. The van der Waals surface area contributed by atoms with Gasteiger partial charge in [0.2, 0.25) is 5.91 Å². The lowest BCUT2D eigenvalue weighted by Crippen LogP contribution is -2.31. The second-order valence-corrected chi connectivity index (χ2v) is 6.47. The van der Waals surface area contributed by atoms with E-state index in [9.17, 15) is 9.90 Å². The molecule has 0 aromatic carbocycles. The minimum atomic E-state index is -0.400. The van der Waals surface area contributed by atoms with E-state index in [4.69, 9.17) is 0 Å². The molecule has 7 nitrogen and oxygen atoms in total. The highest BCUT2D eigenvalue weighted by molar-refractivity contribution is 5.79. The van der Waals surface area contributed by atoms with Crippen molar-refractivity contribution in [1.29, 1.82) is 0 Å². The molecule has 0 spiro atoms. The molecular formula is C17H23N5O2. The molecule has 0 unspecified atom stereocenters. The summed E-state index contributed by atoms with van der Waals surface area (Å²) in [6.45, 7) is 8.72. The molecule has 1 aliphatic heterocycles. The lowest BCUT2D eigenvalue weighted by Gasteiger charge is -2.15. The highest BCUT2D eigenvalue weighted by Gasteiger charge is 2.26. The molecule has 0 saturated carbocycles. The van der Waals surface area contributed by atoms with Crippen LogP contribution in [0.2, 0.25) is 0 Å². The number of aliphatic hydroxyl groups excluding tert-OH is 1. The Morgan fingerprint density at radius 2 is 1.92 bits per heavy atom. The van der Waals surface area contributed by atoms with Crippen LogP contribution in [0.25, 0.3) is 5.95 Å². The van der Waals surface area contributed by atoms with Crippen LogP contribution in [-0.4, -0.2) is 54.9 Å². The molecule has 1 aliphatic rings. The molecule has 7 heteroatoms. The van der Waals surface area contributed by atoms with Gasteiger partial charge in [0.15, 0.2) is 0 Å². The summed E-state index contributed by atoms with van der Waals surface area (Å²) in [6.07, 6.45) is 0.539. The van der Waals surface area contributed by atoms with Crippen LogP contribution in [-0.2, 0) is 11.2 Å². The second kappa shape index (κ2) is 6.32. The highest BCUT2D eigenvalue weighted by atomic mass is 16.3. The van der Waals surface area contributed by atoms with Gasteiger partial charge in [-0.15, -0.1) is 0 Å². The fourth-order valence-corrected chi connectivity index (χ4v) is 3.16. The van der Waals surface area contributed by atoms with Gasteiger partial charge < -0.3 is 10.0 Å². The summed E-state index contributed by atoms with van der Waals surface area (Å²) in [5.74, 6) is 0.557. The van der Waals surface area contributed by atoms with Gasteiger partial charge in [-0.25, -0.2) is 14.6 Å². The average Bonchev–Trinajstić information content (AvgIpc) is 3.05. The van der Waals surface area contributed by atoms with Crippen molar-refractivity contribution in [3.63, 3.8) is 0 Å². The summed E-state index contributed by atoms with van der Waals surface area (Å²) in [4.78, 5) is 23.1. The Bertz CT molecular complexity index is 763. The van der Waals surface area contributed by atoms with E-state index in [0.29, 0.717) is 25.5 Å². The Kier molecular flexibility index (Phi) is 4.36. The molecule has 2 aromatic heterocycles. The Balaban J connectivity index is 1.88. The van der Waals surface area contributed by atoms with E-state index >= 15 is 0 Å². The first-order chi connectivity index (χ1) is 11.3. The van der Waals surface area contributed by atoms with Crippen LogP contribution in [0.1, 0.15) is 34.8 Å². The van der Waals surface area contributed by atoms with Crippen LogP contribution in [0.15, 0.2) is 6.07 Å². The van der Waals surface area contributed by atoms with Crippen molar-refractivity contribution in [2.75, 3.05) is 13.1 Å². The SMILES string of the molecule is Cc1cc(C)nc(-n2nc(C)c(CC(=O)N3CC[C@@H](O)C3)c2C)n1. The van der Waals surface area contributed by atoms with Gasteiger partial charge in [-0.3, -0.25) is 4.79 Å². The molecule has 24 heavy (non-hydrogen) atoms. The number of aryl methyl sites for hydroxylation is 3. The topological polar surface area (TPSA) is 84.1 Å².